The van der Waals surface area contributed by atoms with E-state index < -0.39 is 23.6 Å². The average Bonchev–Trinajstić information content (AvgIpc) is 2.65. The minimum absolute atomic E-state index is 0.0368. The molecule has 6 heteroatoms. The van der Waals surface area contributed by atoms with E-state index in [1.165, 1.54) is 0 Å². The summed E-state index contributed by atoms with van der Waals surface area (Å²) >= 11 is 0. The van der Waals surface area contributed by atoms with Gasteiger partial charge in [0.05, 0.1) is 13.0 Å². The Morgan fingerprint density at radius 1 is 1.27 bits per heavy atom. The van der Waals surface area contributed by atoms with Gasteiger partial charge in [0.2, 0.25) is 5.91 Å². The fraction of sp³-hybridized carbons (Fsp3) is 0.438. The van der Waals surface area contributed by atoms with Crippen LogP contribution >= 0.6 is 0 Å². The highest BCUT2D eigenvalue weighted by molar-refractivity contribution is 6.06. The summed E-state index contributed by atoms with van der Waals surface area (Å²) in [6.45, 7) is 5.41. The van der Waals surface area contributed by atoms with Crippen LogP contribution in [0.4, 0.5) is 4.79 Å². The van der Waals surface area contributed by atoms with Crippen LogP contribution in [0.15, 0.2) is 30.3 Å². The second-order valence-electron chi connectivity index (χ2n) is 6.21. The van der Waals surface area contributed by atoms with E-state index in [0.717, 1.165) is 10.5 Å². The highest BCUT2D eigenvalue weighted by Gasteiger charge is 2.39. The summed E-state index contributed by atoms with van der Waals surface area (Å²) in [5.41, 5.74) is 0.210. The van der Waals surface area contributed by atoms with E-state index >= 15 is 0 Å². The van der Waals surface area contributed by atoms with Crippen LogP contribution in [0.1, 0.15) is 32.8 Å². The van der Waals surface area contributed by atoms with Gasteiger partial charge in [-0.15, -0.1) is 0 Å². The largest absolute Gasteiger partial charge is 0.444 e. The lowest BCUT2D eigenvalue weighted by Crippen LogP contribution is -2.43. The standard InChI is InChI=1S/C16H20N2O4/c1-16(2,3)22-15(21)17-12-9-13(19)18(14(12)20)10-11-7-5-4-6-8-11/h4-8,12H,9-10H2,1-3H3,(H,17,21)/t12-/m0/s1. The first-order valence-corrected chi connectivity index (χ1v) is 7.14. The third-order valence-corrected chi connectivity index (χ3v) is 3.12. The molecular formula is C16H20N2O4. The van der Waals surface area contributed by atoms with E-state index in [9.17, 15) is 14.4 Å². The van der Waals surface area contributed by atoms with E-state index in [4.69, 9.17) is 4.74 Å². The summed E-state index contributed by atoms with van der Waals surface area (Å²) in [5, 5.41) is 2.46. The Morgan fingerprint density at radius 2 is 1.91 bits per heavy atom. The molecule has 1 aliphatic rings. The van der Waals surface area contributed by atoms with Gasteiger partial charge in [0, 0.05) is 0 Å². The number of nitrogens with one attached hydrogen (secondary N) is 1. The molecule has 1 saturated heterocycles. The molecule has 1 fully saturated rings. The van der Waals surface area contributed by atoms with Gasteiger partial charge in [-0.1, -0.05) is 30.3 Å². The molecule has 0 aromatic heterocycles. The summed E-state index contributed by atoms with van der Waals surface area (Å²) < 4.78 is 5.10. The maximum absolute atomic E-state index is 12.3. The quantitative estimate of drug-likeness (QED) is 0.865. The Kier molecular flexibility index (Phi) is 4.49. The third kappa shape index (κ3) is 4.07. The second kappa shape index (κ2) is 6.17. The topological polar surface area (TPSA) is 75.7 Å². The van der Waals surface area contributed by atoms with Crippen LogP contribution in [0, 0.1) is 0 Å². The maximum Gasteiger partial charge on any atom is 0.408 e. The Hall–Kier alpha value is -2.37. The van der Waals surface area contributed by atoms with Gasteiger partial charge in [-0.3, -0.25) is 14.5 Å². The van der Waals surface area contributed by atoms with Gasteiger partial charge in [0.15, 0.2) is 0 Å². The van der Waals surface area contributed by atoms with Gasteiger partial charge in [-0.2, -0.15) is 0 Å². The lowest BCUT2D eigenvalue weighted by Gasteiger charge is -2.21. The van der Waals surface area contributed by atoms with Gasteiger partial charge >= 0.3 is 6.09 Å². The molecule has 2 rings (SSSR count). The number of rotatable bonds is 3. The molecule has 0 aliphatic carbocycles. The number of benzene rings is 1. The van der Waals surface area contributed by atoms with Crippen LogP contribution in [0.3, 0.4) is 0 Å². The summed E-state index contributed by atoms with van der Waals surface area (Å²) in [5.74, 6) is -0.699. The van der Waals surface area contributed by atoms with Crippen molar-refractivity contribution in [3.8, 4) is 0 Å². The molecule has 0 bridgehead atoms. The lowest BCUT2D eigenvalue weighted by atomic mass is 10.2. The first-order chi connectivity index (χ1) is 10.3. The molecule has 0 saturated carbocycles. The van der Waals surface area contributed by atoms with Crippen LogP contribution in [-0.2, 0) is 20.9 Å². The van der Waals surface area contributed by atoms with E-state index in [2.05, 4.69) is 5.32 Å². The monoisotopic (exact) mass is 304 g/mol. The zero-order valence-electron chi connectivity index (χ0n) is 13.0. The number of alkyl carbamates (subject to hydrolysis) is 1. The molecule has 1 heterocycles. The molecule has 22 heavy (non-hydrogen) atoms. The fourth-order valence-electron chi connectivity index (χ4n) is 2.18. The molecule has 118 valence electrons. The van der Waals surface area contributed by atoms with Crippen molar-refractivity contribution in [3.63, 3.8) is 0 Å². The lowest BCUT2D eigenvalue weighted by molar-refractivity contribution is -0.139. The van der Waals surface area contributed by atoms with Crippen molar-refractivity contribution in [2.75, 3.05) is 0 Å². The molecule has 1 atom stereocenters. The normalized spacial score (nSPS) is 18.5. The number of nitrogens with zero attached hydrogens (tertiary/aromatic N) is 1. The Bertz CT molecular complexity index is 578. The SMILES string of the molecule is CC(C)(C)OC(=O)N[C@H]1CC(=O)N(Cc2ccccc2)C1=O. The number of likely N-dealkylation sites (tertiary alicyclic amines) is 1. The average molecular weight is 304 g/mol. The molecule has 6 nitrogen and oxygen atoms in total. The first kappa shape index (κ1) is 16.0. The molecule has 0 radical (unpaired) electrons. The maximum atomic E-state index is 12.3. The predicted molar refractivity (Wildman–Crippen MR) is 79.8 cm³/mol. The molecule has 1 aromatic carbocycles. The van der Waals surface area contributed by atoms with E-state index in [-0.39, 0.29) is 18.9 Å². The van der Waals surface area contributed by atoms with Crippen molar-refractivity contribution in [1.29, 1.82) is 0 Å². The van der Waals surface area contributed by atoms with Gasteiger partial charge in [0.25, 0.3) is 5.91 Å². The zero-order valence-corrected chi connectivity index (χ0v) is 13.0. The summed E-state index contributed by atoms with van der Waals surface area (Å²) in [7, 11) is 0. The van der Waals surface area contributed by atoms with E-state index in [0.29, 0.717) is 0 Å². The number of hydrogen-bond acceptors (Lipinski definition) is 4. The number of imide groups is 1. The van der Waals surface area contributed by atoms with Crippen molar-refractivity contribution < 1.29 is 19.1 Å². The van der Waals surface area contributed by atoms with Gasteiger partial charge < -0.3 is 10.1 Å². The van der Waals surface area contributed by atoms with Crippen LogP contribution in [0.5, 0.6) is 0 Å². The fourth-order valence-corrected chi connectivity index (χ4v) is 2.18. The van der Waals surface area contributed by atoms with Crippen molar-refractivity contribution >= 4 is 17.9 Å². The second-order valence-corrected chi connectivity index (χ2v) is 6.21. The van der Waals surface area contributed by atoms with Crippen molar-refractivity contribution in [2.45, 2.75) is 45.4 Å². The van der Waals surface area contributed by atoms with E-state index in [1.54, 1.807) is 20.8 Å². The predicted octanol–water partition coefficient (Wildman–Crippen LogP) is 1.84. The molecule has 0 unspecified atom stereocenters. The van der Waals surface area contributed by atoms with Crippen LogP contribution in [-0.4, -0.2) is 34.5 Å². The molecule has 1 N–H and O–H groups in total. The Morgan fingerprint density at radius 3 is 2.50 bits per heavy atom. The minimum Gasteiger partial charge on any atom is -0.444 e. The summed E-state index contributed by atoms with van der Waals surface area (Å²) in [6.07, 6.45) is -0.731. The molecule has 0 spiro atoms. The Balaban J connectivity index is 1.98. The van der Waals surface area contributed by atoms with Crippen LogP contribution in [0.2, 0.25) is 0 Å². The van der Waals surface area contributed by atoms with Crippen molar-refractivity contribution in [3.05, 3.63) is 35.9 Å². The number of carbonyl (C=O) groups is 3. The number of amides is 3. The smallest absolute Gasteiger partial charge is 0.408 e. The summed E-state index contributed by atoms with van der Waals surface area (Å²) in [6, 6.07) is 8.38. The van der Waals surface area contributed by atoms with Gasteiger partial charge in [0.1, 0.15) is 11.6 Å². The van der Waals surface area contributed by atoms with Crippen molar-refractivity contribution in [1.82, 2.24) is 10.2 Å². The van der Waals surface area contributed by atoms with Crippen molar-refractivity contribution in [2.24, 2.45) is 0 Å². The highest BCUT2D eigenvalue weighted by Crippen LogP contribution is 2.17. The highest BCUT2D eigenvalue weighted by atomic mass is 16.6. The van der Waals surface area contributed by atoms with Crippen LogP contribution in [0.25, 0.3) is 0 Å². The van der Waals surface area contributed by atoms with Gasteiger partial charge in [-0.25, -0.2) is 4.79 Å². The first-order valence-electron chi connectivity index (χ1n) is 7.14. The molecule has 3 amide bonds. The third-order valence-electron chi connectivity index (χ3n) is 3.12. The number of carbonyl (C=O) groups excluding carboxylic acids is 3. The molecule has 1 aromatic rings. The molecular weight excluding hydrogens is 284 g/mol. The minimum atomic E-state index is -0.855. The zero-order chi connectivity index (χ0) is 16.3. The number of ether oxygens (including phenoxy) is 1. The van der Waals surface area contributed by atoms with Gasteiger partial charge in [-0.05, 0) is 26.3 Å². The summed E-state index contributed by atoms with van der Waals surface area (Å²) in [4.78, 5) is 37.1. The van der Waals surface area contributed by atoms with E-state index in [1.807, 2.05) is 30.3 Å². The Labute approximate surface area is 129 Å². The number of hydrogen-bond donors (Lipinski definition) is 1. The van der Waals surface area contributed by atoms with Crippen LogP contribution < -0.4 is 5.32 Å². The molecule has 1 aliphatic heterocycles.